The summed E-state index contributed by atoms with van der Waals surface area (Å²) >= 11 is 0. The minimum Gasteiger partial charge on any atom is -0.364 e. The highest BCUT2D eigenvalue weighted by Crippen LogP contribution is 2.39. The summed E-state index contributed by atoms with van der Waals surface area (Å²) in [5.41, 5.74) is 4.60. The van der Waals surface area contributed by atoms with E-state index in [1.54, 1.807) is 6.20 Å². The Bertz CT molecular complexity index is 805. The highest BCUT2D eigenvalue weighted by Gasteiger charge is 2.27. The third-order valence-electron chi connectivity index (χ3n) is 4.17. The SMILES string of the molecule is Cn1nc(CNc2cc(-c3cccnc3)ccn2)cc1C1CC1. The molecule has 0 atom stereocenters. The van der Waals surface area contributed by atoms with Crippen molar-refractivity contribution in [3.63, 3.8) is 0 Å². The van der Waals surface area contributed by atoms with Gasteiger partial charge in [0.05, 0.1) is 12.2 Å². The topological polar surface area (TPSA) is 55.6 Å². The monoisotopic (exact) mass is 305 g/mol. The third kappa shape index (κ3) is 3.08. The number of hydrogen-bond donors (Lipinski definition) is 1. The van der Waals surface area contributed by atoms with Gasteiger partial charge in [0.1, 0.15) is 5.82 Å². The first-order valence-electron chi connectivity index (χ1n) is 7.93. The lowest BCUT2D eigenvalue weighted by atomic mass is 10.1. The molecule has 1 fully saturated rings. The lowest BCUT2D eigenvalue weighted by Crippen LogP contribution is -2.03. The average Bonchev–Trinajstić information content (AvgIpc) is 3.37. The fraction of sp³-hybridized carbons (Fsp3) is 0.278. The van der Waals surface area contributed by atoms with Crippen LogP contribution in [0.2, 0.25) is 0 Å². The van der Waals surface area contributed by atoms with Crippen molar-refractivity contribution in [3.8, 4) is 11.1 Å². The Hall–Kier alpha value is -2.69. The van der Waals surface area contributed by atoms with E-state index < -0.39 is 0 Å². The fourth-order valence-corrected chi connectivity index (χ4v) is 2.81. The molecule has 0 amide bonds. The number of aryl methyl sites for hydroxylation is 1. The molecule has 0 aromatic carbocycles. The van der Waals surface area contributed by atoms with E-state index in [4.69, 9.17) is 0 Å². The van der Waals surface area contributed by atoms with Crippen LogP contribution in [-0.4, -0.2) is 19.7 Å². The van der Waals surface area contributed by atoms with Gasteiger partial charge < -0.3 is 5.32 Å². The molecule has 5 heteroatoms. The lowest BCUT2D eigenvalue weighted by molar-refractivity contribution is 0.701. The van der Waals surface area contributed by atoms with Crippen LogP contribution in [0.5, 0.6) is 0 Å². The Morgan fingerprint density at radius 1 is 1.17 bits per heavy atom. The molecule has 3 heterocycles. The second-order valence-corrected chi connectivity index (χ2v) is 5.98. The number of pyridine rings is 2. The van der Waals surface area contributed by atoms with Gasteiger partial charge in [0.2, 0.25) is 0 Å². The first-order valence-corrected chi connectivity index (χ1v) is 7.93. The summed E-state index contributed by atoms with van der Waals surface area (Å²) < 4.78 is 2.01. The molecule has 0 unspecified atom stereocenters. The molecule has 23 heavy (non-hydrogen) atoms. The summed E-state index contributed by atoms with van der Waals surface area (Å²) in [6.07, 6.45) is 8.04. The van der Waals surface area contributed by atoms with E-state index in [1.807, 2.05) is 48.4 Å². The van der Waals surface area contributed by atoms with Crippen molar-refractivity contribution < 1.29 is 0 Å². The molecule has 0 spiro atoms. The van der Waals surface area contributed by atoms with E-state index in [2.05, 4.69) is 26.4 Å². The number of aromatic nitrogens is 4. The number of rotatable bonds is 5. The molecule has 0 bridgehead atoms. The van der Waals surface area contributed by atoms with Crippen LogP contribution in [-0.2, 0) is 13.6 Å². The van der Waals surface area contributed by atoms with Gasteiger partial charge in [0.15, 0.2) is 0 Å². The van der Waals surface area contributed by atoms with E-state index in [-0.39, 0.29) is 0 Å². The highest BCUT2D eigenvalue weighted by molar-refractivity contribution is 5.65. The van der Waals surface area contributed by atoms with Gasteiger partial charge in [0, 0.05) is 42.8 Å². The predicted molar refractivity (Wildman–Crippen MR) is 90.0 cm³/mol. The molecular weight excluding hydrogens is 286 g/mol. The molecule has 3 aromatic rings. The second kappa shape index (κ2) is 5.83. The van der Waals surface area contributed by atoms with Crippen LogP contribution >= 0.6 is 0 Å². The molecule has 0 saturated heterocycles. The van der Waals surface area contributed by atoms with Gasteiger partial charge in [-0.25, -0.2) is 4.98 Å². The van der Waals surface area contributed by atoms with Gasteiger partial charge in [-0.1, -0.05) is 6.07 Å². The average molecular weight is 305 g/mol. The number of nitrogens with one attached hydrogen (secondary N) is 1. The molecule has 116 valence electrons. The normalized spacial score (nSPS) is 14.0. The zero-order chi connectivity index (χ0) is 15.6. The van der Waals surface area contributed by atoms with Crippen molar-refractivity contribution in [3.05, 3.63) is 60.3 Å². The zero-order valence-electron chi connectivity index (χ0n) is 13.1. The summed E-state index contributed by atoms with van der Waals surface area (Å²) in [6.45, 7) is 0.685. The Morgan fingerprint density at radius 2 is 2.09 bits per heavy atom. The highest BCUT2D eigenvalue weighted by atomic mass is 15.3. The smallest absolute Gasteiger partial charge is 0.126 e. The summed E-state index contributed by atoms with van der Waals surface area (Å²) in [5.74, 6) is 1.57. The van der Waals surface area contributed by atoms with E-state index in [1.165, 1.54) is 18.5 Å². The molecule has 0 radical (unpaired) electrons. The van der Waals surface area contributed by atoms with Crippen molar-refractivity contribution in [2.24, 2.45) is 7.05 Å². The summed E-state index contributed by atoms with van der Waals surface area (Å²) in [6, 6.07) is 10.2. The Morgan fingerprint density at radius 3 is 2.87 bits per heavy atom. The fourth-order valence-electron chi connectivity index (χ4n) is 2.81. The zero-order valence-corrected chi connectivity index (χ0v) is 13.1. The molecule has 1 N–H and O–H groups in total. The van der Waals surface area contributed by atoms with Crippen LogP contribution < -0.4 is 5.32 Å². The second-order valence-electron chi connectivity index (χ2n) is 5.98. The van der Waals surface area contributed by atoms with E-state index in [0.717, 1.165) is 22.6 Å². The Kier molecular flexibility index (Phi) is 3.54. The minimum absolute atomic E-state index is 0.685. The van der Waals surface area contributed by atoms with Crippen molar-refractivity contribution in [2.75, 3.05) is 5.32 Å². The molecule has 1 aliphatic rings. The molecule has 3 aromatic heterocycles. The number of anilines is 1. The maximum atomic E-state index is 4.58. The first-order chi connectivity index (χ1) is 11.3. The summed E-state index contributed by atoms with van der Waals surface area (Å²) in [5, 5.41) is 7.95. The first kappa shape index (κ1) is 13.9. The molecule has 1 aliphatic carbocycles. The van der Waals surface area contributed by atoms with Crippen LogP contribution in [0.25, 0.3) is 11.1 Å². The standard InChI is InChI=1S/C18H19N5/c1-23-17(13-4-5-13)10-16(22-23)12-21-18-9-14(6-8-20-18)15-3-2-7-19-11-15/h2-3,6-11,13H,4-5,12H2,1H3,(H,20,21). The van der Waals surface area contributed by atoms with Crippen molar-refractivity contribution in [1.82, 2.24) is 19.7 Å². The molecule has 1 saturated carbocycles. The predicted octanol–water partition coefficient (Wildman–Crippen LogP) is 3.37. The van der Waals surface area contributed by atoms with E-state index in [9.17, 15) is 0 Å². The Balaban J connectivity index is 1.48. The summed E-state index contributed by atoms with van der Waals surface area (Å²) in [7, 11) is 2.03. The number of nitrogens with zero attached hydrogens (tertiary/aromatic N) is 4. The van der Waals surface area contributed by atoms with E-state index in [0.29, 0.717) is 12.5 Å². The molecule has 0 aliphatic heterocycles. The largest absolute Gasteiger partial charge is 0.364 e. The van der Waals surface area contributed by atoms with Gasteiger partial charge in [-0.3, -0.25) is 9.67 Å². The summed E-state index contributed by atoms with van der Waals surface area (Å²) in [4.78, 5) is 8.56. The van der Waals surface area contributed by atoms with Crippen molar-refractivity contribution >= 4 is 5.82 Å². The van der Waals surface area contributed by atoms with Crippen molar-refractivity contribution in [2.45, 2.75) is 25.3 Å². The van der Waals surface area contributed by atoms with Gasteiger partial charge >= 0.3 is 0 Å². The molecular formula is C18H19N5. The number of hydrogen-bond acceptors (Lipinski definition) is 4. The van der Waals surface area contributed by atoms with Gasteiger partial charge in [0.25, 0.3) is 0 Å². The van der Waals surface area contributed by atoms with Crippen LogP contribution in [0, 0.1) is 0 Å². The molecule has 4 rings (SSSR count). The Labute approximate surface area is 135 Å². The van der Waals surface area contributed by atoms with Gasteiger partial charge in [-0.05, 0) is 42.7 Å². The maximum Gasteiger partial charge on any atom is 0.126 e. The van der Waals surface area contributed by atoms with Crippen LogP contribution in [0.15, 0.2) is 48.9 Å². The van der Waals surface area contributed by atoms with Crippen LogP contribution in [0.4, 0.5) is 5.82 Å². The van der Waals surface area contributed by atoms with E-state index >= 15 is 0 Å². The maximum absolute atomic E-state index is 4.58. The lowest BCUT2D eigenvalue weighted by Gasteiger charge is -2.06. The minimum atomic E-state index is 0.685. The van der Waals surface area contributed by atoms with Crippen LogP contribution in [0.3, 0.4) is 0 Å². The third-order valence-corrected chi connectivity index (χ3v) is 4.17. The van der Waals surface area contributed by atoms with Gasteiger partial charge in [-0.15, -0.1) is 0 Å². The molecule has 5 nitrogen and oxygen atoms in total. The van der Waals surface area contributed by atoms with Crippen LogP contribution in [0.1, 0.15) is 30.1 Å². The quantitative estimate of drug-likeness (QED) is 0.785. The van der Waals surface area contributed by atoms with Crippen molar-refractivity contribution in [1.29, 1.82) is 0 Å². The van der Waals surface area contributed by atoms with Gasteiger partial charge in [-0.2, -0.15) is 5.10 Å².